The van der Waals surface area contributed by atoms with Crippen LogP contribution in [0.15, 0.2) is 30.3 Å². The van der Waals surface area contributed by atoms with E-state index in [-0.39, 0.29) is 18.4 Å². The van der Waals surface area contributed by atoms with E-state index in [4.69, 9.17) is 4.84 Å². The van der Waals surface area contributed by atoms with Gasteiger partial charge in [-0.2, -0.15) is 5.06 Å². The summed E-state index contributed by atoms with van der Waals surface area (Å²) in [5, 5.41) is 1.07. The molecule has 3 rings (SSSR count). The lowest BCUT2D eigenvalue weighted by atomic mass is 9.76. The van der Waals surface area contributed by atoms with E-state index in [9.17, 15) is 9.59 Å². The second-order valence-corrected chi connectivity index (χ2v) is 7.89. The fourth-order valence-electron chi connectivity index (χ4n) is 4.29. The lowest BCUT2D eigenvalue weighted by Crippen LogP contribution is -2.36. The minimum absolute atomic E-state index is 0.101. The van der Waals surface area contributed by atoms with Crippen LogP contribution >= 0.6 is 0 Å². The van der Waals surface area contributed by atoms with Crippen molar-refractivity contribution in [2.45, 2.75) is 83.7 Å². The number of benzene rings is 1. The molecule has 1 spiro atoms. The highest BCUT2D eigenvalue weighted by Gasteiger charge is 2.51. The molecule has 1 saturated heterocycles. The van der Waals surface area contributed by atoms with Crippen molar-refractivity contribution in [1.82, 2.24) is 5.06 Å². The zero-order valence-electron chi connectivity index (χ0n) is 15.8. The molecule has 0 atom stereocenters. The Kier molecular flexibility index (Phi) is 6.84. The zero-order chi connectivity index (χ0) is 18.2. The highest BCUT2D eigenvalue weighted by Crippen LogP contribution is 2.43. The number of hydrogen-bond donors (Lipinski definition) is 0. The summed E-state index contributed by atoms with van der Waals surface area (Å²) in [6.07, 6.45) is 12.8. The molecule has 1 saturated carbocycles. The molecule has 1 aliphatic heterocycles. The Bertz CT molecular complexity index is 587. The van der Waals surface area contributed by atoms with Crippen LogP contribution in [0.1, 0.15) is 82.6 Å². The van der Waals surface area contributed by atoms with Crippen LogP contribution in [-0.2, 0) is 21.0 Å². The molecule has 0 aromatic heterocycles. The fraction of sp³-hybridized carbons (Fsp3) is 0.636. The van der Waals surface area contributed by atoms with E-state index in [1.165, 1.54) is 32.1 Å². The van der Waals surface area contributed by atoms with E-state index in [1.807, 2.05) is 30.3 Å². The third kappa shape index (κ3) is 4.73. The maximum atomic E-state index is 13.1. The third-order valence-electron chi connectivity index (χ3n) is 5.87. The number of rotatable bonds is 3. The topological polar surface area (TPSA) is 46.6 Å². The van der Waals surface area contributed by atoms with Gasteiger partial charge >= 0.3 is 0 Å². The zero-order valence-corrected chi connectivity index (χ0v) is 15.8. The lowest BCUT2D eigenvalue weighted by Gasteiger charge is -2.27. The van der Waals surface area contributed by atoms with Crippen molar-refractivity contribution in [1.29, 1.82) is 0 Å². The van der Waals surface area contributed by atoms with Gasteiger partial charge in [0.1, 0.15) is 6.61 Å². The number of nitrogens with zero attached hydrogens (tertiary/aromatic N) is 1. The van der Waals surface area contributed by atoms with Gasteiger partial charge in [-0.1, -0.05) is 88.1 Å². The molecule has 1 aromatic rings. The number of hydrogen-bond acceptors (Lipinski definition) is 3. The minimum atomic E-state index is -0.521. The van der Waals surface area contributed by atoms with Crippen LogP contribution in [0.4, 0.5) is 0 Å². The first-order valence-electron chi connectivity index (χ1n) is 10.3. The van der Waals surface area contributed by atoms with E-state index in [1.54, 1.807) is 0 Å². The Morgan fingerprint density at radius 3 is 1.92 bits per heavy atom. The first-order valence-corrected chi connectivity index (χ1v) is 10.3. The van der Waals surface area contributed by atoms with Crippen LogP contribution in [0.3, 0.4) is 0 Å². The summed E-state index contributed by atoms with van der Waals surface area (Å²) in [5.74, 6) is -0.270. The van der Waals surface area contributed by atoms with Gasteiger partial charge < -0.3 is 0 Å². The molecule has 2 fully saturated rings. The standard InChI is InChI=1S/C22H31NO3/c24-20-17-22(15-11-6-4-2-1-3-5-7-12-16-22)21(25)23(20)26-18-19-13-9-8-10-14-19/h8-10,13-14H,1-7,11-12,15-18H2. The number of amides is 2. The molecule has 1 aliphatic carbocycles. The molecule has 2 amide bonds. The van der Waals surface area contributed by atoms with Crippen LogP contribution in [0.25, 0.3) is 0 Å². The van der Waals surface area contributed by atoms with Crippen molar-refractivity contribution in [3.63, 3.8) is 0 Å². The highest BCUT2D eigenvalue weighted by atomic mass is 16.7. The maximum absolute atomic E-state index is 13.1. The molecule has 142 valence electrons. The van der Waals surface area contributed by atoms with E-state index < -0.39 is 5.41 Å². The second-order valence-electron chi connectivity index (χ2n) is 7.89. The summed E-state index contributed by atoms with van der Waals surface area (Å²) in [7, 11) is 0. The monoisotopic (exact) mass is 357 g/mol. The molecular weight excluding hydrogens is 326 g/mol. The van der Waals surface area contributed by atoms with Gasteiger partial charge in [-0.05, 0) is 18.4 Å². The number of hydroxylamine groups is 2. The molecule has 1 aromatic carbocycles. The van der Waals surface area contributed by atoms with E-state index in [2.05, 4.69) is 0 Å². The van der Waals surface area contributed by atoms with Crippen molar-refractivity contribution >= 4 is 11.8 Å². The molecule has 0 radical (unpaired) electrons. The SMILES string of the molecule is O=C1CC2(CCCCCCCCCCC2)C(=O)N1OCc1ccccc1. The maximum Gasteiger partial charge on any atom is 0.260 e. The molecule has 0 unspecified atom stereocenters. The van der Waals surface area contributed by atoms with Gasteiger partial charge in [0.25, 0.3) is 11.8 Å². The van der Waals surface area contributed by atoms with Crippen molar-refractivity contribution in [3.8, 4) is 0 Å². The Morgan fingerprint density at radius 2 is 1.35 bits per heavy atom. The Balaban J connectivity index is 1.64. The Labute approximate surface area is 156 Å². The minimum Gasteiger partial charge on any atom is -0.272 e. The van der Waals surface area contributed by atoms with Gasteiger partial charge in [0.05, 0.1) is 5.41 Å². The first kappa shape index (κ1) is 19.1. The van der Waals surface area contributed by atoms with Gasteiger partial charge in [-0.3, -0.25) is 14.4 Å². The molecule has 1 heterocycles. The van der Waals surface area contributed by atoms with Gasteiger partial charge in [0.15, 0.2) is 0 Å². The van der Waals surface area contributed by atoms with Gasteiger partial charge in [0, 0.05) is 6.42 Å². The molecule has 4 nitrogen and oxygen atoms in total. The summed E-state index contributed by atoms with van der Waals surface area (Å²) in [6.45, 7) is 0.258. The molecule has 4 heteroatoms. The number of carbonyl (C=O) groups excluding carboxylic acids is 2. The normalized spacial score (nSPS) is 22.2. The average Bonchev–Trinajstić information content (AvgIpc) is 2.87. The highest BCUT2D eigenvalue weighted by molar-refractivity contribution is 6.04. The van der Waals surface area contributed by atoms with Gasteiger partial charge in [-0.25, -0.2) is 0 Å². The quantitative estimate of drug-likeness (QED) is 0.701. The number of carbonyl (C=O) groups is 2. The molecule has 0 N–H and O–H groups in total. The van der Waals surface area contributed by atoms with Gasteiger partial charge in [0.2, 0.25) is 0 Å². The van der Waals surface area contributed by atoms with Crippen LogP contribution in [-0.4, -0.2) is 16.9 Å². The van der Waals surface area contributed by atoms with Crippen LogP contribution in [0.2, 0.25) is 0 Å². The molecule has 0 bridgehead atoms. The van der Waals surface area contributed by atoms with Crippen molar-refractivity contribution in [3.05, 3.63) is 35.9 Å². The van der Waals surface area contributed by atoms with Crippen LogP contribution in [0.5, 0.6) is 0 Å². The van der Waals surface area contributed by atoms with Gasteiger partial charge in [-0.15, -0.1) is 0 Å². The van der Waals surface area contributed by atoms with Crippen molar-refractivity contribution in [2.24, 2.45) is 5.41 Å². The summed E-state index contributed by atoms with van der Waals surface area (Å²) >= 11 is 0. The summed E-state index contributed by atoms with van der Waals surface area (Å²) in [5.41, 5.74) is 0.445. The van der Waals surface area contributed by atoms with E-state index in [0.29, 0.717) is 6.42 Å². The van der Waals surface area contributed by atoms with Crippen LogP contribution < -0.4 is 0 Å². The molecule has 26 heavy (non-hydrogen) atoms. The van der Waals surface area contributed by atoms with Crippen molar-refractivity contribution < 1.29 is 14.4 Å². The first-order chi connectivity index (χ1) is 12.7. The molecular formula is C22H31NO3. The molecule has 2 aliphatic rings. The number of imide groups is 1. The largest absolute Gasteiger partial charge is 0.272 e. The predicted octanol–water partition coefficient (Wildman–Crippen LogP) is 5.17. The summed E-state index contributed by atoms with van der Waals surface area (Å²) < 4.78 is 0. The smallest absolute Gasteiger partial charge is 0.260 e. The summed E-state index contributed by atoms with van der Waals surface area (Å²) in [6, 6.07) is 9.68. The Morgan fingerprint density at radius 1 is 0.808 bits per heavy atom. The fourth-order valence-corrected chi connectivity index (χ4v) is 4.29. The predicted molar refractivity (Wildman–Crippen MR) is 101 cm³/mol. The summed E-state index contributed by atoms with van der Waals surface area (Å²) in [4.78, 5) is 31.3. The second kappa shape index (κ2) is 9.31. The Hall–Kier alpha value is -1.68. The third-order valence-corrected chi connectivity index (χ3v) is 5.87. The van der Waals surface area contributed by atoms with E-state index in [0.717, 1.165) is 49.2 Å². The van der Waals surface area contributed by atoms with E-state index >= 15 is 0 Å². The van der Waals surface area contributed by atoms with Crippen LogP contribution in [0, 0.1) is 5.41 Å². The van der Waals surface area contributed by atoms with Crippen molar-refractivity contribution in [2.75, 3.05) is 0 Å². The lowest BCUT2D eigenvalue weighted by molar-refractivity contribution is -0.194. The average molecular weight is 357 g/mol.